The summed E-state index contributed by atoms with van der Waals surface area (Å²) in [5, 5.41) is 9.33. The van der Waals surface area contributed by atoms with Crippen molar-refractivity contribution >= 4 is 0 Å². The maximum atomic E-state index is 9.33. The van der Waals surface area contributed by atoms with Crippen molar-refractivity contribution < 1.29 is 4.74 Å². The summed E-state index contributed by atoms with van der Waals surface area (Å²) >= 11 is 0. The Morgan fingerprint density at radius 2 is 1.96 bits per heavy atom. The SMILES string of the molecule is CCO[C@@]1(c2cccc(C#N)c2)[C@@H]2CCC[C@H]1CN(CC1CC1)C2. The first-order chi connectivity index (χ1) is 11.8. The van der Waals surface area contributed by atoms with Crippen molar-refractivity contribution in [2.75, 3.05) is 26.2 Å². The summed E-state index contributed by atoms with van der Waals surface area (Å²) in [6.07, 6.45) is 6.65. The molecule has 0 unspecified atom stereocenters. The number of ether oxygens (including phenoxy) is 1. The lowest BCUT2D eigenvalue weighted by Gasteiger charge is -2.56. The highest BCUT2D eigenvalue weighted by molar-refractivity contribution is 5.37. The van der Waals surface area contributed by atoms with E-state index in [1.54, 1.807) is 0 Å². The van der Waals surface area contributed by atoms with E-state index in [0.29, 0.717) is 11.8 Å². The lowest BCUT2D eigenvalue weighted by atomic mass is 9.62. The minimum Gasteiger partial charge on any atom is -0.370 e. The van der Waals surface area contributed by atoms with E-state index >= 15 is 0 Å². The average molecular weight is 324 g/mol. The van der Waals surface area contributed by atoms with Crippen LogP contribution in [0, 0.1) is 29.1 Å². The number of hydrogen-bond donors (Lipinski definition) is 0. The molecule has 0 N–H and O–H groups in total. The Balaban J connectivity index is 1.69. The number of nitriles is 1. The summed E-state index contributed by atoms with van der Waals surface area (Å²) in [5.41, 5.74) is 1.81. The molecule has 128 valence electrons. The summed E-state index contributed by atoms with van der Waals surface area (Å²) in [6, 6.07) is 10.5. The second kappa shape index (κ2) is 6.50. The highest BCUT2D eigenvalue weighted by Crippen LogP contribution is 2.52. The van der Waals surface area contributed by atoms with Crippen molar-refractivity contribution in [3.05, 3.63) is 35.4 Å². The van der Waals surface area contributed by atoms with Crippen molar-refractivity contribution in [1.29, 1.82) is 5.26 Å². The molecular weight excluding hydrogens is 296 g/mol. The number of hydrogen-bond acceptors (Lipinski definition) is 3. The van der Waals surface area contributed by atoms with Gasteiger partial charge in [0, 0.05) is 38.1 Å². The standard InChI is InChI=1S/C21H28N2O/c1-2-24-21(18-6-3-5-17(11-18)12-22)19-7-4-8-20(21)15-23(14-19)13-16-9-10-16/h3,5-6,11,16,19-20H,2,4,7-10,13-15H2,1H3/t19-,20+,21+. The molecule has 3 nitrogen and oxygen atoms in total. The van der Waals surface area contributed by atoms with Gasteiger partial charge in [0.25, 0.3) is 0 Å². The van der Waals surface area contributed by atoms with Gasteiger partial charge in [-0.1, -0.05) is 18.6 Å². The minimum absolute atomic E-state index is 0.181. The van der Waals surface area contributed by atoms with Crippen molar-refractivity contribution in [3.8, 4) is 6.07 Å². The lowest BCUT2D eigenvalue weighted by molar-refractivity contribution is -0.183. The summed E-state index contributed by atoms with van der Waals surface area (Å²) in [6.45, 7) is 6.45. The molecule has 3 heteroatoms. The monoisotopic (exact) mass is 324 g/mol. The maximum Gasteiger partial charge on any atom is 0.101 e. The average Bonchev–Trinajstić information content (AvgIpc) is 3.39. The van der Waals surface area contributed by atoms with Gasteiger partial charge in [-0.3, -0.25) is 0 Å². The van der Waals surface area contributed by atoms with Crippen LogP contribution in [0.2, 0.25) is 0 Å². The number of piperidine rings is 1. The van der Waals surface area contributed by atoms with Crippen LogP contribution < -0.4 is 0 Å². The highest BCUT2D eigenvalue weighted by atomic mass is 16.5. The third-order valence-electron chi connectivity index (χ3n) is 6.31. The van der Waals surface area contributed by atoms with Gasteiger partial charge in [-0.15, -0.1) is 0 Å². The number of benzene rings is 1. The molecule has 2 aliphatic carbocycles. The quantitative estimate of drug-likeness (QED) is 0.823. The van der Waals surface area contributed by atoms with Crippen molar-refractivity contribution in [2.24, 2.45) is 17.8 Å². The van der Waals surface area contributed by atoms with E-state index in [1.807, 2.05) is 12.1 Å². The van der Waals surface area contributed by atoms with Crippen molar-refractivity contribution in [1.82, 2.24) is 4.90 Å². The van der Waals surface area contributed by atoms with Gasteiger partial charge in [0.15, 0.2) is 0 Å². The van der Waals surface area contributed by atoms with E-state index in [9.17, 15) is 5.26 Å². The maximum absolute atomic E-state index is 9.33. The molecule has 24 heavy (non-hydrogen) atoms. The van der Waals surface area contributed by atoms with Gasteiger partial charge in [-0.2, -0.15) is 5.26 Å². The van der Waals surface area contributed by atoms with Crippen LogP contribution in [0.4, 0.5) is 0 Å². The zero-order valence-corrected chi connectivity index (χ0v) is 14.7. The van der Waals surface area contributed by atoms with E-state index in [-0.39, 0.29) is 5.60 Å². The summed E-state index contributed by atoms with van der Waals surface area (Å²) in [5.74, 6) is 2.06. The molecule has 1 saturated heterocycles. The fourth-order valence-corrected chi connectivity index (χ4v) is 5.20. The van der Waals surface area contributed by atoms with Crippen LogP contribution in [0.15, 0.2) is 24.3 Å². The summed E-state index contributed by atoms with van der Waals surface area (Å²) in [4.78, 5) is 2.71. The van der Waals surface area contributed by atoms with Crippen LogP contribution >= 0.6 is 0 Å². The lowest BCUT2D eigenvalue weighted by Crippen LogP contribution is -2.59. The van der Waals surface area contributed by atoms with E-state index in [1.165, 1.54) is 44.2 Å². The number of fused-ring (bicyclic) bond motifs is 2. The fourth-order valence-electron chi connectivity index (χ4n) is 5.20. The van der Waals surface area contributed by atoms with Crippen LogP contribution in [0.1, 0.15) is 50.2 Å². The molecule has 1 aliphatic heterocycles. The number of likely N-dealkylation sites (tertiary alicyclic amines) is 1. The van der Waals surface area contributed by atoms with Gasteiger partial charge >= 0.3 is 0 Å². The molecule has 1 aromatic carbocycles. The smallest absolute Gasteiger partial charge is 0.101 e. The Kier molecular flexibility index (Phi) is 4.37. The fraction of sp³-hybridized carbons (Fsp3) is 0.667. The summed E-state index contributed by atoms with van der Waals surface area (Å²) in [7, 11) is 0. The minimum atomic E-state index is -0.181. The third-order valence-corrected chi connectivity index (χ3v) is 6.31. The Labute approximate surface area is 145 Å². The Bertz CT molecular complexity index is 617. The van der Waals surface area contributed by atoms with Crippen molar-refractivity contribution in [3.63, 3.8) is 0 Å². The molecule has 0 amide bonds. The van der Waals surface area contributed by atoms with Gasteiger partial charge < -0.3 is 9.64 Å². The Morgan fingerprint density at radius 3 is 2.58 bits per heavy atom. The molecule has 1 heterocycles. The topological polar surface area (TPSA) is 36.3 Å². The molecular formula is C21H28N2O. The zero-order valence-electron chi connectivity index (χ0n) is 14.7. The van der Waals surface area contributed by atoms with E-state index < -0.39 is 0 Å². The van der Waals surface area contributed by atoms with E-state index in [4.69, 9.17) is 4.74 Å². The Hall–Kier alpha value is -1.37. The first-order valence-corrected chi connectivity index (χ1v) is 9.63. The summed E-state index contributed by atoms with van der Waals surface area (Å²) < 4.78 is 6.56. The van der Waals surface area contributed by atoms with Crippen LogP contribution in [-0.2, 0) is 10.3 Å². The van der Waals surface area contributed by atoms with E-state index in [2.05, 4.69) is 30.0 Å². The van der Waals surface area contributed by atoms with Crippen LogP contribution in [0.3, 0.4) is 0 Å². The number of rotatable bonds is 5. The number of nitrogens with zero attached hydrogens (tertiary/aromatic N) is 2. The molecule has 1 aromatic rings. The molecule has 2 bridgehead atoms. The highest BCUT2D eigenvalue weighted by Gasteiger charge is 2.53. The predicted octanol–water partition coefficient (Wildman–Crippen LogP) is 3.93. The first-order valence-electron chi connectivity index (χ1n) is 9.63. The van der Waals surface area contributed by atoms with Crippen LogP contribution in [0.5, 0.6) is 0 Å². The molecule has 3 aliphatic rings. The molecule has 3 atom stereocenters. The molecule has 2 saturated carbocycles. The van der Waals surface area contributed by atoms with Gasteiger partial charge in [0.1, 0.15) is 5.60 Å². The van der Waals surface area contributed by atoms with Crippen LogP contribution in [-0.4, -0.2) is 31.1 Å². The second-order valence-corrected chi connectivity index (χ2v) is 7.91. The zero-order chi connectivity index (χ0) is 16.6. The normalized spacial score (nSPS) is 33.2. The van der Waals surface area contributed by atoms with Gasteiger partial charge in [0.2, 0.25) is 0 Å². The van der Waals surface area contributed by atoms with Crippen LogP contribution in [0.25, 0.3) is 0 Å². The predicted molar refractivity (Wildman–Crippen MR) is 94.5 cm³/mol. The van der Waals surface area contributed by atoms with Gasteiger partial charge in [-0.25, -0.2) is 0 Å². The van der Waals surface area contributed by atoms with E-state index in [0.717, 1.165) is 31.2 Å². The molecule has 0 radical (unpaired) electrons. The largest absolute Gasteiger partial charge is 0.370 e. The molecule has 3 fully saturated rings. The van der Waals surface area contributed by atoms with Gasteiger partial charge in [0.05, 0.1) is 11.6 Å². The molecule has 0 aromatic heterocycles. The molecule has 0 spiro atoms. The van der Waals surface area contributed by atoms with Crippen molar-refractivity contribution in [2.45, 2.75) is 44.6 Å². The second-order valence-electron chi connectivity index (χ2n) is 7.91. The Morgan fingerprint density at radius 1 is 1.21 bits per heavy atom. The molecule has 4 rings (SSSR count). The third kappa shape index (κ3) is 2.76. The van der Waals surface area contributed by atoms with Gasteiger partial charge in [-0.05, 0) is 56.2 Å². The first kappa shape index (κ1) is 16.1.